The molecule has 0 aliphatic heterocycles. The van der Waals surface area contributed by atoms with Gasteiger partial charge < -0.3 is 9.30 Å². The highest BCUT2D eigenvalue weighted by Crippen LogP contribution is 2.24. The lowest BCUT2D eigenvalue weighted by Gasteiger charge is -2.10. The van der Waals surface area contributed by atoms with Crippen molar-refractivity contribution in [3.05, 3.63) is 40.3 Å². The standard InChI is InChI=1S/C13H14BrClN2O3S/c1-3-12-16-13(21(15,18)19)8-17(12)7-9-6-10(20-2)4-5-11(9)14/h4-6,8H,3,7H2,1-2H3. The van der Waals surface area contributed by atoms with Crippen LogP contribution in [-0.4, -0.2) is 25.1 Å². The maximum absolute atomic E-state index is 11.4. The number of methoxy groups -OCH3 is 1. The van der Waals surface area contributed by atoms with Gasteiger partial charge in [-0.2, -0.15) is 0 Å². The van der Waals surface area contributed by atoms with E-state index in [1.54, 1.807) is 11.7 Å². The molecule has 5 nitrogen and oxygen atoms in total. The lowest BCUT2D eigenvalue weighted by atomic mass is 10.2. The number of benzene rings is 1. The van der Waals surface area contributed by atoms with Crippen LogP contribution in [0, 0.1) is 0 Å². The molecular weight excluding hydrogens is 380 g/mol. The van der Waals surface area contributed by atoms with Crippen LogP contribution in [0.25, 0.3) is 0 Å². The molecule has 0 saturated carbocycles. The molecule has 0 aliphatic rings. The summed E-state index contributed by atoms with van der Waals surface area (Å²) in [6, 6.07) is 5.62. The third kappa shape index (κ3) is 3.78. The molecule has 0 N–H and O–H groups in total. The number of hydrogen-bond acceptors (Lipinski definition) is 4. The zero-order valence-corrected chi connectivity index (χ0v) is 14.7. The van der Waals surface area contributed by atoms with Gasteiger partial charge in [0.15, 0.2) is 5.03 Å². The normalized spacial score (nSPS) is 11.6. The number of hydrogen-bond donors (Lipinski definition) is 0. The van der Waals surface area contributed by atoms with Crippen LogP contribution in [0.15, 0.2) is 33.9 Å². The fourth-order valence-corrected chi connectivity index (χ4v) is 3.01. The smallest absolute Gasteiger partial charge is 0.280 e. The van der Waals surface area contributed by atoms with Gasteiger partial charge in [0.25, 0.3) is 9.05 Å². The summed E-state index contributed by atoms with van der Waals surface area (Å²) in [6.45, 7) is 2.38. The van der Waals surface area contributed by atoms with Gasteiger partial charge in [0.05, 0.1) is 13.7 Å². The summed E-state index contributed by atoms with van der Waals surface area (Å²) < 4.78 is 30.7. The minimum Gasteiger partial charge on any atom is -0.497 e. The van der Waals surface area contributed by atoms with Crippen molar-refractivity contribution in [2.75, 3.05) is 7.11 Å². The fourth-order valence-electron chi connectivity index (χ4n) is 1.95. The molecule has 1 heterocycles. The molecule has 1 aromatic heterocycles. The molecule has 114 valence electrons. The van der Waals surface area contributed by atoms with Crippen LogP contribution >= 0.6 is 26.6 Å². The topological polar surface area (TPSA) is 61.2 Å². The number of imidazole rings is 1. The summed E-state index contributed by atoms with van der Waals surface area (Å²) in [5.41, 5.74) is 0.958. The van der Waals surface area contributed by atoms with Crippen LogP contribution in [0.1, 0.15) is 18.3 Å². The SMILES string of the molecule is CCc1nc(S(=O)(=O)Cl)cn1Cc1cc(OC)ccc1Br. The largest absolute Gasteiger partial charge is 0.497 e. The van der Waals surface area contributed by atoms with Gasteiger partial charge in [0.2, 0.25) is 0 Å². The first-order valence-corrected chi connectivity index (χ1v) is 9.28. The Labute approximate surface area is 136 Å². The second-order valence-electron chi connectivity index (χ2n) is 4.37. The van der Waals surface area contributed by atoms with E-state index in [1.807, 2.05) is 25.1 Å². The molecule has 0 unspecified atom stereocenters. The van der Waals surface area contributed by atoms with Crippen LogP contribution in [0.4, 0.5) is 0 Å². The van der Waals surface area contributed by atoms with Gasteiger partial charge in [-0.3, -0.25) is 0 Å². The van der Waals surface area contributed by atoms with Crippen LogP contribution in [0.5, 0.6) is 5.75 Å². The summed E-state index contributed by atoms with van der Waals surface area (Å²) in [5.74, 6) is 1.39. The maximum atomic E-state index is 11.4. The van der Waals surface area contributed by atoms with Crippen LogP contribution < -0.4 is 4.74 Å². The monoisotopic (exact) mass is 392 g/mol. The summed E-state index contributed by atoms with van der Waals surface area (Å²) in [4.78, 5) is 4.06. The number of halogens is 2. The first-order chi connectivity index (χ1) is 9.85. The third-order valence-corrected chi connectivity index (χ3v) is 4.94. The van der Waals surface area contributed by atoms with Crippen molar-refractivity contribution in [2.24, 2.45) is 0 Å². The lowest BCUT2D eigenvalue weighted by Crippen LogP contribution is -2.04. The van der Waals surface area contributed by atoms with E-state index in [1.165, 1.54) is 6.20 Å². The van der Waals surface area contributed by atoms with E-state index in [-0.39, 0.29) is 5.03 Å². The summed E-state index contributed by atoms with van der Waals surface area (Å²) >= 11 is 3.48. The van der Waals surface area contributed by atoms with E-state index in [2.05, 4.69) is 20.9 Å². The van der Waals surface area contributed by atoms with Crippen molar-refractivity contribution < 1.29 is 13.2 Å². The second-order valence-corrected chi connectivity index (χ2v) is 7.74. The Morgan fingerprint density at radius 3 is 2.71 bits per heavy atom. The molecule has 21 heavy (non-hydrogen) atoms. The Bertz CT molecular complexity index is 759. The third-order valence-electron chi connectivity index (χ3n) is 3.00. The van der Waals surface area contributed by atoms with Gasteiger partial charge in [-0.25, -0.2) is 13.4 Å². The Morgan fingerprint density at radius 2 is 2.14 bits per heavy atom. The molecule has 0 atom stereocenters. The number of aryl methyl sites for hydroxylation is 1. The highest BCUT2D eigenvalue weighted by molar-refractivity contribution is 9.10. The van der Waals surface area contributed by atoms with E-state index in [0.29, 0.717) is 18.8 Å². The number of ether oxygens (including phenoxy) is 1. The first kappa shape index (κ1) is 16.3. The average Bonchev–Trinajstić information content (AvgIpc) is 2.84. The van der Waals surface area contributed by atoms with Gasteiger partial charge in [-0.1, -0.05) is 22.9 Å². The van der Waals surface area contributed by atoms with E-state index in [0.717, 1.165) is 15.8 Å². The average molecular weight is 394 g/mol. The van der Waals surface area contributed by atoms with E-state index in [4.69, 9.17) is 15.4 Å². The van der Waals surface area contributed by atoms with E-state index < -0.39 is 9.05 Å². The van der Waals surface area contributed by atoms with Gasteiger partial charge >= 0.3 is 0 Å². The Morgan fingerprint density at radius 1 is 1.43 bits per heavy atom. The van der Waals surface area contributed by atoms with Crippen LogP contribution in [-0.2, 0) is 22.0 Å². The quantitative estimate of drug-likeness (QED) is 0.732. The number of aromatic nitrogens is 2. The van der Waals surface area contributed by atoms with Crippen molar-refractivity contribution in [3.63, 3.8) is 0 Å². The summed E-state index contributed by atoms with van der Waals surface area (Å²) in [7, 11) is 3.12. The summed E-state index contributed by atoms with van der Waals surface area (Å²) in [6.07, 6.45) is 2.06. The molecule has 2 rings (SSSR count). The van der Waals surface area contributed by atoms with Crippen molar-refractivity contribution in [1.29, 1.82) is 0 Å². The Kier molecular flexibility index (Phi) is 4.95. The molecule has 0 spiro atoms. The second kappa shape index (κ2) is 6.37. The van der Waals surface area contributed by atoms with Gasteiger partial charge in [-0.15, -0.1) is 0 Å². The highest BCUT2D eigenvalue weighted by Gasteiger charge is 2.17. The Hall–Kier alpha value is -1.05. The highest BCUT2D eigenvalue weighted by atomic mass is 79.9. The van der Waals surface area contributed by atoms with E-state index in [9.17, 15) is 8.42 Å². The van der Waals surface area contributed by atoms with Gasteiger partial charge in [-0.05, 0) is 23.8 Å². The predicted molar refractivity (Wildman–Crippen MR) is 84.4 cm³/mol. The molecule has 1 aromatic carbocycles. The zero-order valence-electron chi connectivity index (χ0n) is 11.5. The number of rotatable bonds is 5. The van der Waals surface area contributed by atoms with E-state index >= 15 is 0 Å². The molecule has 0 fully saturated rings. The fraction of sp³-hybridized carbons (Fsp3) is 0.308. The first-order valence-electron chi connectivity index (χ1n) is 6.18. The molecule has 8 heteroatoms. The molecule has 0 amide bonds. The number of nitrogens with zero attached hydrogens (tertiary/aromatic N) is 2. The molecule has 0 radical (unpaired) electrons. The molecule has 0 aliphatic carbocycles. The molecule has 2 aromatic rings. The predicted octanol–water partition coefficient (Wildman–Crippen LogP) is 3.19. The van der Waals surface area contributed by atoms with Gasteiger partial charge in [0.1, 0.15) is 11.6 Å². The van der Waals surface area contributed by atoms with Crippen LogP contribution in [0.3, 0.4) is 0 Å². The zero-order chi connectivity index (χ0) is 15.6. The molecule has 0 saturated heterocycles. The Balaban J connectivity index is 2.42. The van der Waals surface area contributed by atoms with Crippen molar-refractivity contribution in [1.82, 2.24) is 9.55 Å². The van der Waals surface area contributed by atoms with Crippen molar-refractivity contribution in [3.8, 4) is 5.75 Å². The minimum atomic E-state index is -3.83. The maximum Gasteiger partial charge on any atom is 0.280 e. The minimum absolute atomic E-state index is 0.125. The van der Waals surface area contributed by atoms with Crippen LogP contribution in [0.2, 0.25) is 0 Å². The molecular formula is C13H14BrClN2O3S. The summed E-state index contributed by atoms with van der Waals surface area (Å²) in [5, 5.41) is -0.125. The molecule has 0 bridgehead atoms. The lowest BCUT2D eigenvalue weighted by molar-refractivity contribution is 0.414. The van der Waals surface area contributed by atoms with Gasteiger partial charge in [0, 0.05) is 27.8 Å². The van der Waals surface area contributed by atoms with Crippen molar-refractivity contribution >= 4 is 35.7 Å². The van der Waals surface area contributed by atoms with Crippen molar-refractivity contribution in [2.45, 2.75) is 24.9 Å².